The molecule has 2 aliphatic rings. The number of benzene rings is 1. The highest BCUT2D eigenvalue weighted by atomic mass is 32.1. The van der Waals surface area contributed by atoms with Crippen LogP contribution in [0.25, 0.3) is 0 Å². The van der Waals surface area contributed by atoms with Crippen LogP contribution >= 0.6 is 23.6 Å². The maximum atomic E-state index is 5.59. The topological polar surface area (TPSA) is 33.1 Å². The van der Waals surface area contributed by atoms with Crippen LogP contribution in [0.5, 0.6) is 0 Å². The first kappa shape index (κ1) is 18.1. The van der Waals surface area contributed by atoms with E-state index in [2.05, 4.69) is 41.5 Å². The second-order valence-corrected chi connectivity index (χ2v) is 9.28. The molecule has 2 aromatic rings. The van der Waals surface area contributed by atoms with Crippen LogP contribution < -0.4 is 5.32 Å². The number of nitrogens with zero attached hydrogens (tertiary/aromatic N) is 3. The summed E-state index contributed by atoms with van der Waals surface area (Å²) in [6.07, 6.45) is 10.2. The van der Waals surface area contributed by atoms with Gasteiger partial charge in [0, 0.05) is 12.1 Å². The van der Waals surface area contributed by atoms with Crippen molar-refractivity contribution >= 4 is 28.7 Å². The Morgan fingerprint density at radius 1 is 1.19 bits per heavy atom. The molecule has 0 bridgehead atoms. The van der Waals surface area contributed by atoms with E-state index in [4.69, 9.17) is 17.3 Å². The van der Waals surface area contributed by atoms with Gasteiger partial charge in [-0.05, 0) is 62.5 Å². The Labute approximate surface area is 165 Å². The number of fused-ring (bicyclic) bond motifs is 1. The van der Waals surface area contributed by atoms with Gasteiger partial charge >= 0.3 is 0 Å². The fraction of sp³-hybridized carbons (Fsp3) is 0.600. The Morgan fingerprint density at radius 2 is 2.00 bits per heavy atom. The van der Waals surface area contributed by atoms with Gasteiger partial charge in [-0.25, -0.2) is 4.68 Å². The number of nitrogens with one attached hydrogen (secondary N) is 1. The van der Waals surface area contributed by atoms with Crippen LogP contribution in [-0.4, -0.2) is 27.8 Å². The maximum absolute atomic E-state index is 5.59. The third-order valence-corrected chi connectivity index (χ3v) is 7.00. The van der Waals surface area contributed by atoms with E-state index in [0.717, 1.165) is 15.8 Å². The summed E-state index contributed by atoms with van der Waals surface area (Å²) in [5.74, 6) is 0. The third-order valence-electron chi connectivity index (χ3n) is 5.77. The lowest BCUT2D eigenvalue weighted by Crippen LogP contribution is -2.30. The van der Waals surface area contributed by atoms with Gasteiger partial charge in [0.05, 0.1) is 6.67 Å². The van der Waals surface area contributed by atoms with Crippen molar-refractivity contribution in [2.75, 3.05) is 12.4 Å². The molecule has 0 amide bonds. The molecule has 0 saturated heterocycles. The summed E-state index contributed by atoms with van der Waals surface area (Å²) < 4.78 is 2.85. The van der Waals surface area contributed by atoms with Gasteiger partial charge in [0.2, 0.25) is 5.13 Å². The molecule has 0 unspecified atom stereocenters. The van der Waals surface area contributed by atoms with E-state index in [1.165, 1.54) is 62.5 Å². The minimum absolute atomic E-state index is 0.457. The van der Waals surface area contributed by atoms with E-state index >= 15 is 0 Å². The van der Waals surface area contributed by atoms with Crippen molar-refractivity contribution in [2.24, 2.45) is 0 Å². The molecule has 0 radical (unpaired) electrons. The number of anilines is 1. The summed E-state index contributed by atoms with van der Waals surface area (Å²) in [5, 5.41) is 9.37. The van der Waals surface area contributed by atoms with E-state index in [1.54, 1.807) is 11.3 Å². The first-order chi connectivity index (χ1) is 12.7. The van der Waals surface area contributed by atoms with Crippen LogP contribution in [-0.2, 0) is 13.1 Å². The van der Waals surface area contributed by atoms with Crippen molar-refractivity contribution in [3.63, 3.8) is 0 Å². The van der Waals surface area contributed by atoms with Crippen molar-refractivity contribution in [1.82, 2.24) is 14.7 Å². The molecule has 0 spiro atoms. The monoisotopic (exact) mass is 388 g/mol. The molecule has 140 valence electrons. The van der Waals surface area contributed by atoms with Gasteiger partial charge in [-0.2, -0.15) is 0 Å². The Kier molecular flexibility index (Phi) is 5.72. The van der Waals surface area contributed by atoms with E-state index in [1.807, 2.05) is 4.68 Å². The van der Waals surface area contributed by atoms with Gasteiger partial charge < -0.3 is 5.32 Å². The molecule has 26 heavy (non-hydrogen) atoms. The summed E-state index contributed by atoms with van der Waals surface area (Å²) in [7, 11) is 2.20. The zero-order valence-electron chi connectivity index (χ0n) is 15.5. The van der Waals surface area contributed by atoms with Gasteiger partial charge in [-0.3, -0.25) is 4.90 Å². The molecule has 1 aromatic heterocycles. The zero-order valence-corrected chi connectivity index (χ0v) is 17.1. The molecular formula is C20H28N4S2. The number of aryl methyl sites for hydroxylation is 1. The zero-order chi connectivity index (χ0) is 17.9. The van der Waals surface area contributed by atoms with Gasteiger partial charge in [0.15, 0.2) is 3.95 Å². The Morgan fingerprint density at radius 3 is 2.85 bits per heavy atom. The second kappa shape index (κ2) is 8.19. The number of rotatable bonds is 5. The molecule has 1 heterocycles. The molecule has 1 atom stereocenters. The normalized spacial score (nSPS) is 20.9. The molecule has 4 nitrogen and oxygen atoms in total. The summed E-state index contributed by atoms with van der Waals surface area (Å²) in [5.41, 5.74) is 2.97. The highest BCUT2D eigenvalue weighted by molar-refractivity contribution is 7.73. The standard InChI is InChI=1S/C20H28N4S2/c1-23(18-13-7-9-15-8-5-6-12-17(15)18)14-24-20(25)26-19(22-24)21-16-10-3-2-4-11-16/h5-6,8,12,16,18H,2-4,7,9-11,13-14H2,1H3,(H,21,22)/t18-/m0/s1. The van der Waals surface area contributed by atoms with Crippen LogP contribution in [0.3, 0.4) is 0 Å². The van der Waals surface area contributed by atoms with Gasteiger partial charge in [0.25, 0.3) is 0 Å². The van der Waals surface area contributed by atoms with E-state index in [-0.39, 0.29) is 0 Å². The van der Waals surface area contributed by atoms with Crippen molar-refractivity contribution in [2.45, 2.75) is 70.1 Å². The fourth-order valence-corrected chi connectivity index (χ4v) is 5.44. The molecule has 2 aliphatic carbocycles. The molecular weight excluding hydrogens is 360 g/mol. The lowest BCUT2D eigenvalue weighted by molar-refractivity contribution is 0.166. The number of aromatic nitrogens is 2. The average molecular weight is 389 g/mol. The molecule has 1 fully saturated rings. The number of hydrogen-bond acceptors (Lipinski definition) is 5. The quantitative estimate of drug-likeness (QED) is 0.697. The minimum Gasteiger partial charge on any atom is -0.357 e. The van der Waals surface area contributed by atoms with Crippen molar-refractivity contribution < 1.29 is 0 Å². The van der Waals surface area contributed by atoms with Crippen LogP contribution in [0.15, 0.2) is 24.3 Å². The Balaban J connectivity index is 1.45. The third kappa shape index (κ3) is 4.02. The fourth-order valence-electron chi connectivity index (χ4n) is 4.37. The predicted molar refractivity (Wildman–Crippen MR) is 111 cm³/mol. The van der Waals surface area contributed by atoms with E-state index in [0.29, 0.717) is 12.1 Å². The number of hydrogen-bond donors (Lipinski definition) is 1. The van der Waals surface area contributed by atoms with Crippen molar-refractivity contribution in [1.29, 1.82) is 0 Å². The Bertz CT molecular complexity index is 791. The lowest BCUT2D eigenvalue weighted by atomic mass is 9.87. The first-order valence-corrected chi connectivity index (χ1v) is 11.1. The van der Waals surface area contributed by atoms with Gasteiger partial charge in [0.1, 0.15) is 0 Å². The predicted octanol–water partition coefficient (Wildman–Crippen LogP) is 5.39. The molecule has 4 rings (SSSR count). The minimum atomic E-state index is 0.457. The molecule has 1 aromatic carbocycles. The smallest absolute Gasteiger partial charge is 0.204 e. The summed E-state index contributed by atoms with van der Waals surface area (Å²) >= 11 is 7.20. The van der Waals surface area contributed by atoms with Crippen molar-refractivity contribution in [3.05, 3.63) is 39.3 Å². The summed E-state index contributed by atoms with van der Waals surface area (Å²) in [4.78, 5) is 2.40. The van der Waals surface area contributed by atoms with Gasteiger partial charge in [-0.15, -0.1) is 5.10 Å². The van der Waals surface area contributed by atoms with Gasteiger partial charge in [-0.1, -0.05) is 54.9 Å². The Hall–Kier alpha value is -1.24. The highest BCUT2D eigenvalue weighted by Gasteiger charge is 2.24. The molecule has 6 heteroatoms. The molecule has 1 N–H and O–H groups in total. The molecule has 0 aliphatic heterocycles. The lowest BCUT2D eigenvalue weighted by Gasteiger charge is -2.33. The van der Waals surface area contributed by atoms with E-state index in [9.17, 15) is 0 Å². The first-order valence-electron chi connectivity index (χ1n) is 9.83. The highest BCUT2D eigenvalue weighted by Crippen LogP contribution is 2.34. The largest absolute Gasteiger partial charge is 0.357 e. The summed E-state index contributed by atoms with van der Waals surface area (Å²) in [6, 6.07) is 9.90. The second-order valence-electron chi connectivity index (χ2n) is 7.66. The van der Waals surface area contributed by atoms with Crippen molar-refractivity contribution in [3.8, 4) is 0 Å². The van der Waals surface area contributed by atoms with Crippen LogP contribution in [0, 0.1) is 3.95 Å². The summed E-state index contributed by atoms with van der Waals surface area (Å²) in [6.45, 7) is 0.751. The molecule has 1 saturated carbocycles. The van der Waals surface area contributed by atoms with Crippen LogP contribution in [0.1, 0.15) is 62.1 Å². The SMILES string of the molecule is CN(Cn1nc(NC2CCCCC2)sc1=S)[C@H]1CCCc2ccccc21. The van der Waals surface area contributed by atoms with E-state index < -0.39 is 0 Å². The van der Waals surface area contributed by atoms with Crippen LogP contribution in [0.2, 0.25) is 0 Å². The average Bonchev–Trinajstić information content (AvgIpc) is 3.01. The maximum Gasteiger partial charge on any atom is 0.204 e. The van der Waals surface area contributed by atoms with Crippen LogP contribution in [0.4, 0.5) is 5.13 Å².